The molecule has 70 valence electrons. The molecule has 0 amide bonds. The van der Waals surface area contributed by atoms with Crippen LogP contribution in [0.5, 0.6) is 0 Å². The minimum absolute atomic E-state index is 0.335. The average Bonchev–Trinajstić information content (AvgIpc) is 2.03. The molecule has 0 aliphatic heterocycles. The van der Waals surface area contributed by atoms with Crippen LogP contribution in [0.4, 0.5) is 0 Å². The van der Waals surface area contributed by atoms with Gasteiger partial charge in [0.15, 0.2) is 0 Å². The third-order valence-corrected chi connectivity index (χ3v) is 3.82. The molecule has 12 heavy (non-hydrogen) atoms. The molecule has 0 bridgehead atoms. The maximum Gasteiger partial charge on any atom is 0.211 e. The highest BCUT2D eigenvalue weighted by Gasteiger charge is 2.27. The molecule has 0 radical (unpaired) electrons. The third kappa shape index (κ3) is 2.32. The summed E-state index contributed by atoms with van der Waals surface area (Å²) in [5.74, 6) is 0.335. The van der Waals surface area contributed by atoms with E-state index in [1.54, 1.807) is 0 Å². The van der Waals surface area contributed by atoms with Crippen molar-refractivity contribution in [1.82, 2.24) is 0 Å². The number of hydrogen-bond acceptors (Lipinski definition) is 2. The Hall–Kier alpha value is -0.350. The summed E-state index contributed by atoms with van der Waals surface area (Å²) in [7, 11) is -3.32. The van der Waals surface area contributed by atoms with Crippen LogP contribution in [0.1, 0.15) is 25.7 Å². The molecular formula is C8H15NO2S. The van der Waals surface area contributed by atoms with Crippen molar-refractivity contribution in [2.24, 2.45) is 11.1 Å². The fourth-order valence-corrected chi connectivity index (χ4v) is 2.70. The van der Waals surface area contributed by atoms with Crippen LogP contribution in [-0.2, 0) is 10.0 Å². The molecule has 0 aromatic carbocycles. The highest BCUT2D eigenvalue weighted by Crippen LogP contribution is 2.27. The molecule has 4 heteroatoms. The van der Waals surface area contributed by atoms with Crippen molar-refractivity contribution in [2.45, 2.75) is 30.9 Å². The Morgan fingerprint density at radius 1 is 1.42 bits per heavy atom. The maximum atomic E-state index is 11.0. The molecule has 0 spiro atoms. The van der Waals surface area contributed by atoms with Crippen LogP contribution in [0.2, 0.25) is 0 Å². The number of nitrogens with two attached hydrogens (primary N) is 1. The first-order valence-corrected chi connectivity index (χ1v) is 5.79. The Balaban J connectivity index is 2.64. The van der Waals surface area contributed by atoms with Crippen LogP contribution in [0, 0.1) is 5.92 Å². The lowest BCUT2D eigenvalue weighted by atomic mass is 9.89. The van der Waals surface area contributed by atoms with Crippen molar-refractivity contribution in [3.05, 3.63) is 12.7 Å². The van der Waals surface area contributed by atoms with Gasteiger partial charge in [-0.25, -0.2) is 13.6 Å². The van der Waals surface area contributed by atoms with Gasteiger partial charge in [0.05, 0.1) is 5.25 Å². The first-order valence-electron chi connectivity index (χ1n) is 4.18. The molecule has 3 nitrogen and oxygen atoms in total. The van der Waals surface area contributed by atoms with Crippen molar-refractivity contribution in [3.63, 3.8) is 0 Å². The Kier molecular flexibility index (Phi) is 2.90. The summed E-state index contributed by atoms with van der Waals surface area (Å²) >= 11 is 0. The quantitative estimate of drug-likeness (QED) is 0.659. The fourth-order valence-electron chi connectivity index (χ4n) is 1.69. The summed E-state index contributed by atoms with van der Waals surface area (Å²) < 4.78 is 22.0. The Bertz CT molecular complexity index is 258. The van der Waals surface area contributed by atoms with Crippen molar-refractivity contribution in [3.8, 4) is 0 Å². The van der Waals surface area contributed by atoms with Gasteiger partial charge in [0.1, 0.15) is 0 Å². The fraction of sp³-hybridized carbons (Fsp3) is 0.750. The van der Waals surface area contributed by atoms with E-state index in [9.17, 15) is 8.42 Å². The van der Waals surface area contributed by atoms with Crippen LogP contribution in [0.25, 0.3) is 0 Å². The summed E-state index contributed by atoms with van der Waals surface area (Å²) in [5, 5.41) is 4.73. The molecule has 1 rings (SSSR count). The number of rotatable bonds is 2. The molecule has 0 aromatic rings. The van der Waals surface area contributed by atoms with Gasteiger partial charge in [0.2, 0.25) is 10.0 Å². The Morgan fingerprint density at radius 2 is 2.08 bits per heavy atom. The van der Waals surface area contributed by atoms with E-state index in [0.29, 0.717) is 18.8 Å². The number of sulfonamides is 1. The predicted octanol–water partition coefficient (Wildman–Crippen LogP) is 1.02. The van der Waals surface area contributed by atoms with Gasteiger partial charge in [-0.3, -0.25) is 0 Å². The molecule has 1 aliphatic carbocycles. The van der Waals surface area contributed by atoms with E-state index >= 15 is 0 Å². The topological polar surface area (TPSA) is 60.2 Å². The van der Waals surface area contributed by atoms with Crippen LogP contribution in [-0.4, -0.2) is 13.7 Å². The van der Waals surface area contributed by atoms with Gasteiger partial charge in [-0.2, -0.15) is 0 Å². The second-order valence-corrected chi connectivity index (χ2v) is 5.22. The molecular weight excluding hydrogens is 174 g/mol. The van der Waals surface area contributed by atoms with Crippen LogP contribution < -0.4 is 5.14 Å². The van der Waals surface area contributed by atoms with E-state index in [1.165, 1.54) is 0 Å². The number of allylic oxidation sites excluding steroid dienone is 1. The summed E-state index contributed by atoms with van der Waals surface area (Å²) in [4.78, 5) is 0. The monoisotopic (exact) mass is 189 g/mol. The molecule has 1 saturated carbocycles. The molecule has 0 saturated heterocycles. The zero-order chi connectivity index (χ0) is 9.19. The van der Waals surface area contributed by atoms with Crippen LogP contribution in [0.15, 0.2) is 12.7 Å². The lowest BCUT2D eigenvalue weighted by Gasteiger charge is -2.25. The molecule has 2 N–H and O–H groups in total. The van der Waals surface area contributed by atoms with Crippen molar-refractivity contribution < 1.29 is 8.42 Å². The summed E-state index contributed by atoms with van der Waals surface area (Å²) in [5.41, 5.74) is 0. The van der Waals surface area contributed by atoms with Crippen molar-refractivity contribution >= 4 is 10.0 Å². The first-order chi connectivity index (χ1) is 5.54. The lowest BCUT2D eigenvalue weighted by Crippen LogP contribution is -2.32. The average molecular weight is 189 g/mol. The van der Waals surface area contributed by atoms with E-state index < -0.39 is 10.0 Å². The third-order valence-electron chi connectivity index (χ3n) is 2.46. The van der Waals surface area contributed by atoms with Gasteiger partial charge < -0.3 is 0 Å². The van der Waals surface area contributed by atoms with E-state index in [0.717, 1.165) is 12.8 Å². The summed E-state index contributed by atoms with van der Waals surface area (Å²) in [6.45, 7) is 3.67. The summed E-state index contributed by atoms with van der Waals surface area (Å²) in [6, 6.07) is 0. The minimum Gasteiger partial charge on any atom is -0.228 e. The molecule has 1 aliphatic rings. The van der Waals surface area contributed by atoms with Gasteiger partial charge in [0, 0.05) is 0 Å². The molecule has 0 unspecified atom stereocenters. The van der Waals surface area contributed by atoms with E-state index in [4.69, 9.17) is 5.14 Å². The SMILES string of the molecule is C=C[C@H]1CCC[C@@H](S(N)(=O)=O)C1. The van der Waals surface area contributed by atoms with E-state index in [-0.39, 0.29) is 5.25 Å². The second-order valence-electron chi connectivity index (χ2n) is 3.37. The van der Waals surface area contributed by atoms with Gasteiger partial charge in [-0.15, -0.1) is 6.58 Å². The van der Waals surface area contributed by atoms with Crippen molar-refractivity contribution in [2.75, 3.05) is 0 Å². The molecule has 1 fully saturated rings. The Labute approximate surface area is 73.7 Å². The highest BCUT2D eigenvalue weighted by atomic mass is 32.2. The first kappa shape index (κ1) is 9.74. The van der Waals surface area contributed by atoms with Crippen LogP contribution >= 0.6 is 0 Å². The largest absolute Gasteiger partial charge is 0.228 e. The smallest absolute Gasteiger partial charge is 0.211 e. The molecule has 0 aromatic heterocycles. The van der Waals surface area contributed by atoms with E-state index in [1.807, 2.05) is 6.08 Å². The minimum atomic E-state index is -3.32. The second kappa shape index (κ2) is 3.58. The normalized spacial score (nSPS) is 31.4. The number of primary sulfonamides is 1. The highest BCUT2D eigenvalue weighted by molar-refractivity contribution is 7.89. The Morgan fingerprint density at radius 3 is 2.58 bits per heavy atom. The zero-order valence-corrected chi connectivity index (χ0v) is 7.89. The van der Waals surface area contributed by atoms with E-state index in [2.05, 4.69) is 6.58 Å². The van der Waals surface area contributed by atoms with Gasteiger partial charge in [0.25, 0.3) is 0 Å². The number of hydrogen-bond donors (Lipinski definition) is 1. The van der Waals surface area contributed by atoms with Gasteiger partial charge >= 0.3 is 0 Å². The molecule has 2 atom stereocenters. The van der Waals surface area contributed by atoms with Crippen molar-refractivity contribution in [1.29, 1.82) is 0 Å². The molecule has 0 heterocycles. The van der Waals surface area contributed by atoms with Gasteiger partial charge in [-0.05, 0) is 25.2 Å². The standard InChI is InChI=1S/C8H15NO2S/c1-2-7-4-3-5-8(6-7)12(9,10)11/h2,7-8H,1,3-6H2,(H2,9,10,11)/t7-,8+/m0/s1. The lowest BCUT2D eigenvalue weighted by molar-refractivity contribution is 0.414. The van der Waals surface area contributed by atoms with Crippen LogP contribution in [0.3, 0.4) is 0 Å². The zero-order valence-electron chi connectivity index (χ0n) is 7.07. The predicted molar refractivity (Wildman–Crippen MR) is 49.1 cm³/mol. The maximum absolute atomic E-state index is 11.0. The summed E-state index contributed by atoms with van der Waals surface area (Å²) in [6.07, 6.45) is 5.19. The van der Waals surface area contributed by atoms with Gasteiger partial charge in [-0.1, -0.05) is 12.5 Å².